The number of amides is 1. The highest BCUT2D eigenvalue weighted by molar-refractivity contribution is 9.10. The van der Waals surface area contributed by atoms with Crippen LogP contribution in [-0.4, -0.2) is 25.8 Å². The van der Waals surface area contributed by atoms with Gasteiger partial charge in [0, 0.05) is 0 Å². The zero-order chi connectivity index (χ0) is 17.5. The van der Waals surface area contributed by atoms with E-state index in [1.54, 1.807) is 25.3 Å². The lowest BCUT2D eigenvalue weighted by molar-refractivity contribution is 0.0951. The van der Waals surface area contributed by atoms with Crippen LogP contribution in [0, 0.1) is 5.82 Å². The van der Waals surface area contributed by atoms with E-state index in [1.165, 1.54) is 24.4 Å². The van der Waals surface area contributed by atoms with Gasteiger partial charge in [-0.15, -0.1) is 0 Å². The number of hydrazone groups is 1. The molecule has 0 saturated carbocycles. The average Bonchev–Trinajstić information content (AvgIpc) is 2.55. The third-order valence-corrected chi connectivity index (χ3v) is 3.62. The second kappa shape index (κ2) is 8.44. The van der Waals surface area contributed by atoms with Gasteiger partial charge in [0.25, 0.3) is 5.91 Å². The van der Waals surface area contributed by atoms with Gasteiger partial charge in [-0.2, -0.15) is 5.10 Å². The molecule has 7 heteroatoms. The Labute approximate surface area is 147 Å². The van der Waals surface area contributed by atoms with E-state index in [1.807, 2.05) is 6.92 Å². The predicted octanol–water partition coefficient (Wildman–Crippen LogP) is 3.76. The van der Waals surface area contributed by atoms with Crippen LogP contribution in [0.5, 0.6) is 11.5 Å². The number of halogens is 2. The molecule has 2 aromatic rings. The molecule has 0 spiro atoms. The van der Waals surface area contributed by atoms with E-state index >= 15 is 0 Å². The third-order valence-electron chi connectivity index (χ3n) is 3.03. The maximum atomic E-state index is 13.5. The number of carbonyl (C=O) groups is 1. The molecule has 1 N–H and O–H groups in total. The summed E-state index contributed by atoms with van der Waals surface area (Å²) in [6.07, 6.45) is 1.44. The lowest BCUT2D eigenvalue weighted by Gasteiger charge is -2.11. The summed E-state index contributed by atoms with van der Waals surface area (Å²) >= 11 is 3.39. The van der Waals surface area contributed by atoms with Gasteiger partial charge in [-0.1, -0.05) is 12.1 Å². The molecule has 0 aliphatic heterocycles. The lowest BCUT2D eigenvalue weighted by Crippen LogP contribution is -2.18. The topological polar surface area (TPSA) is 59.9 Å². The Bertz CT molecular complexity index is 765. The van der Waals surface area contributed by atoms with E-state index in [9.17, 15) is 9.18 Å². The number of hydrogen-bond acceptors (Lipinski definition) is 4. The molecule has 0 radical (unpaired) electrons. The van der Waals surface area contributed by atoms with Crippen LogP contribution in [0.15, 0.2) is 46.0 Å². The zero-order valence-electron chi connectivity index (χ0n) is 13.2. The third kappa shape index (κ3) is 4.32. The highest BCUT2D eigenvalue weighted by atomic mass is 79.9. The molecule has 5 nitrogen and oxygen atoms in total. The van der Waals surface area contributed by atoms with Gasteiger partial charge in [-0.25, -0.2) is 9.82 Å². The van der Waals surface area contributed by atoms with Gasteiger partial charge in [0.1, 0.15) is 5.82 Å². The Balaban J connectivity index is 2.14. The van der Waals surface area contributed by atoms with Crippen LogP contribution in [0.2, 0.25) is 0 Å². The molecule has 2 aromatic carbocycles. The highest BCUT2D eigenvalue weighted by Gasteiger charge is 2.11. The van der Waals surface area contributed by atoms with Gasteiger partial charge >= 0.3 is 0 Å². The first-order valence-corrected chi connectivity index (χ1v) is 7.94. The van der Waals surface area contributed by atoms with Gasteiger partial charge in [0.15, 0.2) is 11.5 Å². The van der Waals surface area contributed by atoms with Crippen LogP contribution in [0.4, 0.5) is 4.39 Å². The minimum atomic E-state index is -0.623. The van der Waals surface area contributed by atoms with Crippen molar-refractivity contribution in [3.8, 4) is 11.5 Å². The molecule has 24 heavy (non-hydrogen) atoms. The van der Waals surface area contributed by atoms with Crippen LogP contribution < -0.4 is 14.9 Å². The van der Waals surface area contributed by atoms with Crippen LogP contribution in [0.25, 0.3) is 0 Å². The lowest BCUT2D eigenvalue weighted by atomic mass is 10.2. The van der Waals surface area contributed by atoms with E-state index in [2.05, 4.69) is 26.5 Å². The zero-order valence-corrected chi connectivity index (χ0v) is 14.8. The minimum absolute atomic E-state index is 0.0689. The summed E-state index contributed by atoms with van der Waals surface area (Å²) in [6.45, 7) is 2.34. The van der Waals surface area contributed by atoms with Gasteiger partial charge < -0.3 is 9.47 Å². The van der Waals surface area contributed by atoms with Crippen LogP contribution >= 0.6 is 15.9 Å². The van der Waals surface area contributed by atoms with Crippen molar-refractivity contribution in [1.29, 1.82) is 0 Å². The van der Waals surface area contributed by atoms with E-state index in [0.29, 0.717) is 28.1 Å². The summed E-state index contributed by atoms with van der Waals surface area (Å²) in [5, 5.41) is 3.85. The van der Waals surface area contributed by atoms with Crippen molar-refractivity contribution in [2.75, 3.05) is 13.7 Å². The van der Waals surface area contributed by atoms with Crippen molar-refractivity contribution in [3.63, 3.8) is 0 Å². The minimum Gasteiger partial charge on any atom is -0.492 e. The van der Waals surface area contributed by atoms with Gasteiger partial charge in [-0.05, 0) is 52.7 Å². The fourth-order valence-electron chi connectivity index (χ4n) is 1.99. The quantitative estimate of drug-likeness (QED) is 0.599. The Hall–Kier alpha value is -2.41. The molecule has 0 bridgehead atoms. The second-order valence-electron chi connectivity index (χ2n) is 4.65. The smallest absolute Gasteiger partial charge is 0.274 e. The number of hydrogen-bond donors (Lipinski definition) is 1. The standard InChI is InChI=1S/C17H16BrFN2O3/c1-3-24-15-9-11(8-13(18)16(15)23-2)10-20-21-17(22)12-6-4-5-7-14(12)19/h4-10H,3H2,1-2H3,(H,21,22)/b20-10-. The van der Waals surface area contributed by atoms with E-state index in [-0.39, 0.29) is 5.56 Å². The Morgan fingerprint density at radius 2 is 2.12 bits per heavy atom. The highest BCUT2D eigenvalue weighted by Crippen LogP contribution is 2.36. The first-order chi connectivity index (χ1) is 11.6. The molecule has 0 aliphatic rings. The average molecular weight is 395 g/mol. The number of methoxy groups -OCH3 is 1. The molecular formula is C17H16BrFN2O3. The second-order valence-corrected chi connectivity index (χ2v) is 5.50. The van der Waals surface area contributed by atoms with Crippen molar-refractivity contribution < 1.29 is 18.7 Å². The first-order valence-electron chi connectivity index (χ1n) is 7.15. The Morgan fingerprint density at radius 1 is 1.38 bits per heavy atom. The van der Waals surface area contributed by atoms with Crippen LogP contribution in [-0.2, 0) is 0 Å². The van der Waals surface area contributed by atoms with Crippen molar-refractivity contribution >= 4 is 28.1 Å². The van der Waals surface area contributed by atoms with E-state index in [4.69, 9.17) is 9.47 Å². The maximum absolute atomic E-state index is 13.5. The number of rotatable bonds is 6. The monoisotopic (exact) mass is 394 g/mol. The molecular weight excluding hydrogens is 379 g/mol. The molecule has 0 heterocycles. The summed E-state index contributed by atoms with van der Waals surface area (Å²) in [5.74, 6) is -0.0985. The van der Waals surface area contributed by atoms with Crippen LogP contribution in [0.1, 0.15) is 22.8 Å². The van der Waals surface area contributed by atoms with Gasteiger partial charge in [0.2, 0.25) is 0 Å². The molecule has 0 fully saturated rings. The van der Waals surface area contributed by atoms with E-state index in [0.717, 1.165) is 0 Å². The summed E-state index contributed by atoms with van der Waals surface area (Å²) in [7, 11) is 1.55. The van der Waals surface area contributed by atoms with Crippen LogP contribution in [0.3, 0.4) is 0 Å². The number of benzene rings is 2. The summed E-state index contributed by atoms with van der Waals surface area (Å²) < 4.78 is 25.0. The maximum Gasteiger partial charge on any atom is 0.274 e. The molecule has 2 rings (SSSR count). The molecule has 0 unspecified atom stereocenters. The fourth-order valence-corrected chi connectivity index (χ4v) is 2.62. The molecule has 0 atom stereocenters. The SMILES string of the molecule is CCOc1cc(/C=N\NC(=O)c2ccccc2F)cc(Br)c1OC. The molecule has 0 aliphatic carbocycles. The van der Waals surface area contributed by atoms with Crippen molar-refractivity contribution in [2.24, 2.45) is 5.10 Å². The molecule has 0 saturated heterocycles. The summed E-state index contributed by atoms with van der Waals surface area (Å²) in [4.78, 5) is 11.9. The largest absolute Gasteiger partial charge is 0.492 e. The fraction of sp³-hybridized carbons (Fsp3) is 0.176. The number of carbonyl (C=O) groups excluding carboxylic acids is 1. The number of nitrogens with one attached hydrogen (secondary N) is 1. The van der Waals surface area contributed by atoms with Crippen molar-refractivity contribution in [1.82, 2.24) is 5.43 Å². The van der Waals surface area contributed by atoms with Gasteiger partial charge in [-0.3, -0.25) is 4.79 Å². The number of ether oxygens (including phenoxy) is 2. The summed E-state index contributed by atoms with van der Waals surface area (Å²) in [5.41, 5.74) is 2.90. The number of nitrogens with zero attached hydrogens (tertiary/aromatic N) is 1. The molecule has 1 amide bonds. The normalized spacial score (nSPS) is 10.7. The first kappa shape index (κ1) is 17.9. The van der Waals surface area contributed by atoms with E-state index < -0.39 is 11.7 Å². The van der Waals surface area contributed by atoms with Gasteiger partial charge in [0.05, 0.1) is 30.0 Å². The van der Waals surface area contributed by atoms with Crippen molar-refractivity contribution in [3.05, 3.63) is 57.8 Å². The summed E-state index contributed by atoms with van der Waals surface area (Å²) in [6, 6.07) is 9.19. The predicted molar refractivity (Wildman–Crippen MR) is 93.3 cm³/mol. The molecule has 0 aromatic heterocycles. The van der Waals surface area contributed by atoms with Crippen molar-refractivity contribution in [2.45, 2.75) is 6.92 Å². The Morgan fingerprint density at radius 3 is 2.79 bits per heavy atom. The molecule has 126 valence electrons. The Kier molecular flexibility index (Phi) is 6.31.